The minimum Gasteiger partial charge on any atom is -0.481 e. The highest BCUT2D eigenvalue weighted by molar-refractivity contribution is 8.14. The van der Waals surface area contributed by atoms with E-state index in [0.29, 0.717) is 23.7 Å². The van der Waals surface area contributed by atoms with Gasteiger partial charge in [0.05, 0.1) is 39.1 Å². The number of hydrogen-bond acceptors (Lipinski definition) is 12. The molecule has 0 rings (SSSR count). The Bertz CT molecular complexity index is 521. The summed E-state index contributed by atoms with van der Waals surface area (Å²) in [6, 6.07) is 0. The number of aliphatic carboxylic acids is 3. The molecule has 0 heterocycles. The van der Waals surface area contributed by atoms with E-state index in [9.17, 15) is 28.8 Å². The van der Waals surface area contributed by atoms with Gasteiger partial charge in [-0.2, -0.15) is 0 Å². The maximum Gasteiger partial charge on any atom is 0.304 e. The third-order valence-corrected chi connectivity index (χ3v) is 6.06. The quantitative estimate of drug-likeness (QED) is 0.182. The van der Waals surface area contributed by atoms with Gasteiger partial charge < -0.3 is 30.6 Å². The molecule has 0 fully saturated rings. The van der Waals surface area contributed by atoms with E-state index >= 15 is 0 Å². The van der Waals surface area contributed by atoms with Gasteiger partial charge in [0.1, 0.15) is 0 Å². The molecule has 0 aromatic carbocycles. The molecule has 0 unspecified atom stereocenters. The highest BCUT2D eigenvalue weighted by atomic mass is 32.2. The van der Waals surface area contributed by atoms with Crippen LogP contribution in [-0.2, 0) is 28.8 Å². The van der Waals surface area contributed by atoms with Crippen LogP contribution in [0, 0.1) is 5.41 Å². The van der Waals surface area contributed by atoms with Crippen molar-refractivity contribution in [2.75, 3.05) is 37.1 Å². The Labute approximate surface area is 223 Å². The van der Waals surface area contributed by atoms with Crippen molar-refractivity contribution in [3.63, 3.8) is 0 Å². The fourth-order valence-corrected chi connectivity index (χ4v) is 3.02. The zero-order valence-electron chi connectivity index (χ0n) is 20.9. The molecule has 0 aliphatic rings. The number of aliphatic hydroxyl groups excluding tert-OH is 3. The highest BCUT2D eigenvalue weighted by Crippen LogP contribution is 2.18. The zero-order chi connectivity index (χ0) is 29.2. The van der Waals surface area contributed by atoms with Crippen molar-refractivity contribution >= 4 is 68.5 Å². The summed E-state index contributed by atoms with van der Waals surface area (Å²) in [6.45, 7) is 5.62. The number of carboxylic acid groups (broad SMARTS) is 3. The summed E-state index contributed by atoms with van der Waals surface area (Å²) in [5.41, 5.74) is -0.667. The molecule has 36 heavy (non-hydrogen) atoms. The lowest BCUT2D eigenvalue weighted by atomic mass is 9.88. The Balaban J connectivity index is -0.000000190. The zero-order valence-corrected chi connectivity index (χ0v) is 23.4. The van der Waals surface area contributed by atoms with Crippen molar-refractivity contribution in [2.24, 2.45) is 5.41 Å². The van der Waals surface area contributed by atoms with Gasteiger partial charge >= 0.3 is 17.9 Å². The van der Waals surface area contributed by atoms with Crippen molar-refractivity contribution in [2.45, 2.75) is 53.4 Å². The van der Waals surface area contributed by atoms with Crippen LogP contribution in [0.1, 0.15) is 53.4 Å². The minimum absolute atomic E-state index is 0.0312. The van der Waals surface area contributed by atoms with Crippen molar-refractivity contribution in [3.8, 4) is 0 Å². The molecule has 0 bridgehead atoms. The number of rotatable bonds is 13. The molecule has 6 N–H and O–H groups in total. The molecule has 0 aromatic rings. The summed E-state index contributed by atoms with van der Waals surface area (Å²) < 4.78 is 0. The van der Waals surface area contributed by atoms with Gasteiger partial charge in [0.2, 0.25) is 0 Å². The maximum absolute atomic E-state index is 10.2. The fourth-order valence-electron chi connectivity index (χ4n) is 1.33. The average molecular weight is 579 g/mol. The number of carbonyl (C=O) groups excluding carboxylic acids is 3. The lowest BCUT2D eigenvalue weighted by molar-refractivity contribution is -0.137. The van der Waals surface area contributed by atoms with Crippen LogP contribution in [0.2, 0.25) is 0 Å². The molecule has 12 nitrogen and oxygen atoms in total. The monoisotopic (exact) mass is 578 g/mol. The van der Waals surface area contributed by atoms with E-state index in [1.165, 1.54) is 20.8 Å². The fraction of sp³-hybridized carbons (Fsp3) is 0.714. The summed E-state index contributed by atoms with van der Waals surface area (Å²) in [7, 11) is 0. The van der Waals surface area contributed by atoms with Crippen LogP contribution < -0.4 is 0 Å². The van der Waals surface area contributed by atoms with Crippen LogP contribution in [0.15, 0.2) is 0 Å². The molecule has 0 spiro atoms. The Morgan fingerprint density at radius 1 is 0.556 bits per heavy atom. The summed E-state index contributed by atoms with van der Waals surface area (Å²) >= 11 is 3.12. The second-order valence-electron chi connectivity index (χ2n) is 6.78. The summed E-state index contributed by atoms with van der Waals surface area (Å²) in [4.78, 5) is 60.2. The van der Waals surface area contributed by atoms with E-state index in [1.807, 2.05) is 6.92 Å². The average Bonchev–Trinajstić information content (AvgIpc) is 2.75. The van der Waals surface area contributed by atoms with Crippen molar-refractivity contribution in [1.82, 2.24) is 0 Å². The lowest BCUT2D eigenvalue weighted by Gasteiger charge is -2.24. The molecule has 0 radical (unpaired) electrons. The third-order valence-electron chi connectivity index (χ3n) is 3.62. The van der Waals surface area contributed by atoms with E-state index in [2.05, 4.69) is 0 Å². The first-order valence-electron chi connectivity index (χ1n) is 10.5. The van der Waals surface area contributed by atoms with Crippen molar-refractivity contribution in [1.29, 1.82) is 0 Å². The second-order valence-corrected chi connectivity index (χ2v) is 10.6. The smallest absolute Gasteiger partial charge is 0.304 e. The molecule has 0 aliphatic heterocycles. The predicted molar refractivity (Wildman–Crippen MR) is 140 cm³/mol. The molecule has 15 heteroatoms. The molecule has 0 aromatic heterocycles. The number of aliphatic hydroxyl groups is 3. The van der Waals surface area contributed by atoms with Crippen LogP contribution in [0.5, 0.6) is 0 Å². The Kier molecular flexibility index (Phi) is 32.2. The number of thioether (sulfide) groups is 3. The molecule has 0 saturated carbocycles. The van der Waals surface area contributed by atoms with Gasteiger partial charge in [-0.05, 0) is 6.42 Å². The Morgan fingerprint density at radius 2 is 0.778 bits per heavy atom. The van der Waals surface area contributed by atoms with Crippen LogP contribution in [0.25, 0.3) is 0 Å². The van der Waals surface area contributed by atoms with Crippen molar-refractivity contribution in [3.05, 3.63) is 0 Å². The second kappa shape index (κ2) is 27.9. The first-order chi connectivity index (χ1) is 16.6. The van der Waals surface area contributed by atoms with Crippen LogP contribution in [-0.4, -0.2) is 101 Å². The molecule has 0 amide bonds. The van der Waals surface area contributed by atoms with Gasteiger partial charge in [0.25, 0.3) is 0 Å². The number of carbonyl (C=O) groups is 6. The van der Waals surface area contributed by atoms with E-state index in [0.717, 1.165) is 35.3 Å². The SMILES string of the molecule is CC(=O)SCCC(=O)O.CC(=O)SCCC(=O)O.CC(=O)SCCC(=O)O.CCC(CO)(CO)CO. The minimum atomic E-state index is -0.858. The van der Waals surface area contributed by atoms with Gasteiger partial charge in [-0.25, -0.2) is 0 Å². The number of carboxylic acids is 3. The third kappa shape index (κ3) is 39.6. The van der Waals surface area contributed by atoms with Crippen LogP contribution in [0.4, 0.5) is 0 Å². The molecule has 0 saturated heterocycles. The van der Waals surface area contributed by atoms with Gasteiger partial charge in [-0.15, -0.1) is 0 Å². The Hall–Kier alpha value is -1.65. The van der Waals surface area contributed by atoms with E-state index in [4.69, 9.17) is 30.6 Å². The van der Waals surface area contributed by atoms with Crippen molar-refractivity contribution < 1.29 is 59.4 Å². The van der Waals surface area contributed by atoms with Crippen LogP contribution >= 0.6 is 35.3 Å². The highest BCUT2D eigenvalue weighted by Gasteiger charge is 2.24. The normalized spacial score (nSPS) is 9.75. The topological polar surface area (TPSA) is 224 Å². The molecule has 0 atom stereocenters. The Morgan fingerprint density at radius 3 is 0.861 bits per heavy atom. The standard InChI is InChI=1S/C6H14O3.3C5H8O3S/c1-2-6(3-7,4-8)5-9;3*1-4(6)9-3-2-5(7)8/h7-9H,2-5H2,1H3;3*2-3H2,1H3,(H,7,8). The van der Waals surface area contributed by atoms with Gasteiger partial charge in [-0.1, -0.05) is 42.2 Å². The predicted octanol–water partition coefficient (Wildman–Crippen LogP) is 1.58. The summed E-state index contributed by atoms with van der Waals surface area (Å²) in [5.74, 6) is -1.43. The van der Waals surface area contributed by atoms with Gasteiger partial charge in [0.15, 0.2) is 15.3 Å². The number of hydrogen-bond donors (Lipinski definition) is 6. The van der Waals surface area contributed by atoms with E-state index < -0.39 is 23.3 Å². The van der Waals surface area contributed by atoms with E-state index in [1.54, 1.807) is 0 Å². The molecule has 0 aliphatic carbocycles. The molecular formula is C21H38O12S3. The maximum atomic E-state index is 10.2. The first kappa shape index (κ1) is 41.5. The summed E-state index contributed by atoms with van der Waals surface area (Å²) in [5, 5.41) is 50.2. The van der Waals surface area contributed by atoms with Gasteiger partial charge in [0, 0.05) is 43.4 Å². The molecular weight excluding hydrogens is 540 g/mol. The summed E-state index contributed by atoms with van der Waals surface area (Å²) in [6.07, 6.45) is 0.773. The first-order valence-corrected chi connectivity index (χ1v) is 13.5. The van der Waals surface area contributed by atoms with E-state index in [-0.39, 0.29) is 54.4 Å². The largest absolute Gasteiger partial charge is 0.481 e. The van der Waals surface area contributed by atoms with Crippen LogP contribution in [0.3, 0.4) is 0 Å². The van der Waals surface area contributed by atoms with Gasteiger partial charge in [-0.3, -0.25) is 28.8 Å². The molecule has 212 valence electrons. The lowest BCUT2D eigenvalue weighted by Crippen LogP contribution is -2.32.